The number of rotatable bonds is 8. The lowest BCUT2D eigenvalue weighted by atomic mass is 9.63. The third kappa shape index (κ3) is 5.15. The molecule has 1 fully saturated rings. The number of likely N-dealkylation sites (tertiary alicyclic amines) is 1. The van der Waals surface area contributed by atoms with Gasteiger partial charge in [-0.2, -0.15) is 0 Å². The summed E-state index contributed by atoms with van der Waals surface area (Å²) in [6.07, 6.45) is 3.67. The van der Waals surface area contributed by atoms with Crippen LogP contribution in [0, 0.1) is 11.3 Å². The molecule has 0 aliphatic carbocycles. The van der Waals surface area contributed by atoms with E-state index in [1.807, 2.05) is 12.1 Å². The second-order valence-corrected chi connectivity index (χ2v) is 8.69. The predicted octanol–water partition coefficient (Wildman–Crippen LogP) is 4.76. The molecule has 1 heterocycles. The Labute approximate surface area is 171 Å². The SMILES string of the molecule is COc1ccc(CNCC[C@]2(Cc3ccccc3)C[C@@H](C)N(C)C[C@H]2C)cc1. The summed E-state index contributed by atoms with van der Waals surface area (Å²) < 4.78 is 5.25. The summed E-state index contributed by atoms with van der Waals surface area (Å²) in [6.45, 7) is 7.99. The van der Waals surface area contributed by atoms with Gasteiger partial charge < -0.3 is 15.0 Å². The van der Waals surface area contributed by atoms with Gasteiger partial charge in [-0.25, -0.2) is 0 Å². The molecule has 2 aromatic carbocycles. The molecule has 0 spiro atoms. The molecule has 0 bridgehead atoms. The Bertz CT molecular complexity index is 715. The summed E-state index contributed by atoms with van der Waals surface area (Å²) in [5.41, 5.74) is 3.14. The zero-order chi connectivity index (χ0) is 20.0. The molecule has 0 amide bonds. The highest BCUT2D eigenvalue weighted by atomic mass is 16.5. The molecule has 3 heteroatoms. The number of nitrogens with one attached hydrogen (secondary N) is 1. The van der Waals surface area contributed by atoms with E-state index in [1.54, 1.807) is 7.11 Å². The highest BCUT2D eigenvalue weighted by Crippen LogP contribution is 2.44. The molecule has 3 atom stereocenters. The Kier molecular flexibility index (Phi) is 7.14. The first-order chi connectivity index (χ1) is 13.5. The number of ether oxygens (including phenoxy) is 1. The molecule has 3 rings (SSSR count). The van der Waals surface area contributed by atoms with E-state index in [9.17, 15) is 0 Å². The van der Waals surface area contributed by atoms with E-state index in [1.165, 1.54) is 36.9 Å². The van der Waals surface area contributed by atoms with Gasteiger partial charge in [0.05, 0.1) is 7.11 Å². The normalized spacial score (nSPS) is 25.6. The minimum Gasteiger partial charge on any atom is -0.497 e. The van der Waals surface area contributed by atoms with Crippen LogP contribution >= 0.6 is 0 Å². The third-order valence-corrected chi connectivity index (χ3v) is 6.75. The van der Waals surface area contributed by atoms with Crippen LogP contribution in [-0.4, -0.2) is 38.2 Å². The number of benzene rings is 2. The van der Waals surface area contributed by atoms with E-state index in [0.29, 0.717) is 17.4 Å². The lowest BCUT2D eigenvalue weighted by molar-refractivity contribution is 0.0132. The van der Waals surface area contributed by atoms with Crippen LogP contribution in [-0.2, 0) is 13.0 Å². The fourth-order valence-corrected chi connectivity index (χ4v) is 4.75. The zero-order valence-electron chi connectivity index (χ0n) is 17.9. The minimum absolute atomic E-state index is 0.361. The van der Waals surface area contributed by atoms with Crippen molar-refractivity contribution in [2.24, 2.45) is 11.3 Å². The Morgan fingerprint density at radius 1 is 1.04 bits per heavy atom. The first-order valence-electron chi connectivity index (χ1n) is 10.6. The second-order valence-electron chi connectivity index (χ2n) is 8.69. The van der Waals surface area contributed by atoms with Crippen molar-refractivity contribution in [1.82, 2.24) is 10.2 Å². The monoisotopic (exact) mass is 380 g/mol. The Morgan fingerprint density at radius 2 is 1.75 bits per heavy atom. The number of nitrogens with zero attached hydrogens (tertiary/aromatic N) is 1. The second kappa shape index (κ2) is 9.58. The summed E-state index contributed by atoms with van der Waals surface area (Å²) in [4.78, 5) is 2.53. The van der Waals surface area contributed by atoms with E-state index in [4.69, 9.17) is 4.74 Å². The first-order valence-corrected chi connectivity index (χ1v) is 10.6. The van der Waals surface area contributed by atoms with Crippen molar-refractivity contribution in [3.63, 3.8) is 0 Å². The maximum atomic E-state index is 5.25. The van der Waals surface area contributed by atoms with Crippen LogP contribution < -0.4 is 10.1 Å². The van der Waals surface area contributed by atoms with Gasteiger partial charge in [0.15, 0.2) is 0 Å². The van der Waals surface area contributed by atoms with Gasteiger partial charge in [-0.1, -0.05) is 49.4 Å². The zero-order valence-corrected chi connectivity index (χ0v) is 17.9. The Hall–Kier alpha value is -1.84. The lowest BCUT2D eigenvalue weighted by Gasteiger charge is -2.49. The maximum absolute atomic E-state index is 5.25. The molecule has 0 saturated carbocycles. The van der Waals surface area contributed by atoms with E-state index in [2.05, 4.69) is 73.6 Å². The topological polar surface area (TPSA) is 24.5 Å². The molecule has 0 unspecified atom stereocenters. The molecule has 28 heavy (non-hydrogen) atoms. The van der Waals surface area contributed by atoms with Crippen LogP contribution in [0.15, 0.2) is 54.6 Å². The summed E-state index contributed by atoms with van der Waals surface area (Å²) in [5.74, 6) is 1.61. The Morgan fingerprint density at radius 3 is 2.43 bits per heavy atom. The summed E-state index contributed by atoms with van der Waals surface area (Å²) >= 11 is 0. The van der Waals surface area contributed by atoms with Crippen molar-refractivity contribution in [3.05, 3.63) is 65.7 Å². The smallest absolute Gasteiger partial charge is 0.118 e. The van der Waals surface area contributed by atoms with Gasteiger partial charge in [0.25, 0.3) is 0 Å². The van der Waals surface area contributed by atoms with E-state index < -0.39 is 0 Å². The lowest BCUT2D eigenvalue weighted by Crippen LogP contribution is -2.51. The molecule has 1 aliphatic heterocycles. The molecular formula is C25H36N2O. The van der Waals surface area contributed by atoms with Gasteiger partial charge >= 0.3 is 0 Å². The molecule has 2 aromatic rings. The number of piperidine rings is 1. The van der Waals surface area contributed by atoms with Crippen LogP contribution in [0.3, 0.4) is 0 Å². The third-order valence-electron chi connectivity index (χ3n) is 6.75. The number of hydrogen-bond acceptors (Lipinski definition) is 3. The van der Waals surface area contributed by atoms with E-state index >= 15 is 0 Å². The average Bonchev–Trinajstić information content (AvgIpc) is 2.71. The van der Waals surface area contributed by atoms with Crippen molar-refractivity contribution < 1.29 is 4.74 Å². The predicted molar refractivity (Wildman–Crippen MR) is 118 cm³/mol. The molecule has 1 saturated heterocycles. The van der Waals surface area contributed by atoms with Crippen LogP contribution in [0.25, 0.3) is 0 Å². The van der Waals surface area contributed by atoms with Crippen LogP contribution in [0.5, 0.6) is 5.75 Å². The minimum atomic E-state index is 0.361. The molecule has 152 valence electrons. The molecule has 1 aliphatic rings. The molecule has 0 aromatic heterocycles. The highest BCUT2D eigenvalue weighted by Gasteiger charge is 2.42. The van der Waals surface area contributed by atoms with Gasteiger partial charge in [0.1, 0.15) is 5.75 Å². The van der Waals surface area contributed by atoms with Crippen LogP contribution in [0.2, 0.25) is 0 Å². The summed E-state index contributed by atoms with van der Waals surface area (Å²) in [5, 5.41) is 3.69. The van der Waals surface area contributed by atoms with Gasteiger partial charge in [0, 0.05) is 19.1 Å². The van der Waals surface area contributed by atoms with Crippen LogP contribution in [0.1, 0.15) is 37.8 Å². The van der Waals surface area contributed by atoms with Gasteiger partial charge in [-0.3, -0.25) is 0 Å². The van der Waals surface area contributed by atoms with E-state index in [-0.39, 0.29) is 0 Å². The van der Waals surface area contributed by atoms with Crippen molar-refractivity contribution in [3.8, 4) is 5.75 Å². The van der Waals surface area contributed by atoms with Crippen molar-refractivity contribution in [2.75, 3.05) is 27.2 Å². The summed E-state index contributed by atoms with van der Waals surface area (Å²) in [7, 11) is 3.98. The fraction of sp³-hybridized carbons (Fsp3) is 0.520. The van der Waals surface area contributed by atoms with Gasteiger partial charge in [-0.15, -0.1) is 0 Å². The standard InChI is InChI=1S/C25H36N2O/c1-20-19-27(3)21(2)16-25(20,17-22-8-6-5-7-9-22)14-15-26-18-23-10-12-24(28-4)13-11-23/h5-13,20-21,26H,14-19H2,1-4H3/t20-,21-,25-/m1/s1. The Balaban J connectivity index is 1.63. The van der Waals surface area contributed by atoms with Crippen molar-refractivity contribution in [1.29, 1.82) is 0 Å². The number of hydrogen-bond donors (Lipinski definition) is 1. The van der Waals surface area contributed by atoms with Crippen molar-refractivity contribution in [2.45, 2.75) is 45.7 Å². The maximum Gasteiger partial charge on any atom is 0.118 e. The summed E-state index contributed by atoms with van der Waals surface area (Å²) in [6, 6.07) is 20.1. The van der Waals surface area contributed by atoms with Crippen LogP contribution in [0.4, 0.5) is 0 Å². The molecular weight excluding hydrogens is 344 g/mol. The van der Waals surface area contributed by atoms with E-state index in [0.717, 1.165) is 18.8 Å². The van der Waals surface area contributed by atoms with Gasteiger partial charge in [0.2, 0.25) is 0 Å². The molecule has 1 N–H and O–H groups in total. The highest BCUT2D eigenvalue weighted by molar-refractivity contribution is 5.27. The largest absolute Gasteiger partial charge is 0.497 e. The number of methoxy groups -OCH3 is 1. The van der Waals surface area contributed by atoms with Crippen molar-refractivity contribution >= 4 is 0 Å². The molecule has 0 radical (unpaired) electrons. The molecule has 3 nitrogen and oxygen atoms in total. The van der Waals surface area contributed by atoms with Gasteiger partial charge in [-0.05, 0) is 74.4 Å². The quantitative estimate of drug-likeness (QED) is 0.668. The first kappa shape index (κ1) is 20.9. The fourth-order valence-electron chi connectivity index (χ4n) is 4.75. The average molecular weight is 381 g/mol.